The second-order valence-electron chi connectivity index (χ2n) is 5.05. The van der Waals surface area contributed by atoms with Gasteiger partial charge in [-0.2, -0.15) is 0 Å². The summed E-state index contributed by atoms with van der Waals surface area (Å²) >= 11 is 0. The number of pyridine rings is 1. The SMILES string of the molecule is CCOC(=O)c1nc(C(=O)OC)c(C(=O)OC)c2c1CCCC2. The van der Waals surface area contributed by atoms with E-state index in [-0.39, 0.29) is 23.6 Å². The molecule has 0 bridgehead atoms. The van der Waals surface area contributed by atoms with Crippen molar-refractivity contribution in [1.29, 1.82) is 0 Å². The van der Waals surface area contributed by atoms with E-state index in [1.165, 1.54) is 14.2 Å². The molecule has 7 heteroatoms. The topological polar surface area (TPSA) is 91.8 Å². The molecule has 0 unspecified atom stereocenters. The average Bonchev–Trinajstić information content (AvgIpc) is 2.59. The molecule has 23 heavy (non-hydrogen) atoms. The van der Waals surface area contributed by atoms with Gasteiger partial charge in [0, 0.05) is 0 Å². The van der Waals surface area contributed by atoms with Crippen LogP contribution in [0.25, 0.3) is 0 Å². The molecule has 0 fully saturated rings. The van der Waals surface area contributed by atoms with E-state index in [4.69, 9.17) is 14.2 Å². The Morgan fingerprint density at radius 3 is 2.09 bits per heavy atom. The van der Waals surface area contributed by atoms with Gasteiger partial charge in [0.2, 0.25) is 0 Å². The number of hydrogen-bond donors (Lipinski definition) is 0. The number of nitrogens with zero attached hydrogens (tertiary/aromatic N) is 1. The minimum atomic E-state index is -0.788. The summed E-state index contributed by atoms with van der Waals surface area (Å²) in [4.78, 5) is 40.4. The van der Waals surface area contributed by atoms with Crippen molar-refractivity contribution in [2.24, 2.45) is 0 Å². The maximum absolute atomic E-state index is 12.2. The zero-order valence-electron chi connectivity index (χ0n) is 13.4. The highest BCUT2D eigenvalue weighted by molar-refractivity contribution is 6.04. The molecule has 124 valence electrons. The number of hydrogen-bond acceptors (Lipinski definition) is 7. The van der Waals surface area contributed by atoms with Crippen molar-refractivity contribution >= 4 is 17.9 Å². The Morgan fingerprint density at radius 1 is 0.913 bits per heavy atom. The van der Waals surface area contributed by atoms with Crippen molar-refractivity contribution in [3.63, 3.8) is 0 Å². The van der Waals surface area contributed by atoms with E-state index in [9.17, 15) is 14.4 Å². The van der Waals surface area contributed by atoms with Crippen molar-refractivity contribution in [3.8, 4) is 0 Å². The van der Waals surface area contributed by atoms with Gasteiger partial charge in [-0.05, 0) is 43.7 Å². The van der Waals surface area contributed by atoms with Crippen molar-refractivity contribution in [1.82, 2.24) is 4.98 Å². The number of fused-ring (bicyclic) bond motifs is 1. The minimum absolute atomic E-state index is 0.0783. The molecule has 0 N–H and O–H groups in total. The summed E-state index contributed by atoms with van der Waals surface area (Å²) in [6.45, 7) is 1.88. The Bertz CT molecular complexity index is 652. The molecule has 0 aromatic carbocycles. The summed E-state index contributed by atoms with van der Waals surface area (Å²) in [7, 11) is 2.42. The number of esters is 3. The minimum Gasteiger partial charge on any atom is -0.465 e. The number of methoxy groups -OCH3 is 2. The molecule has 1 aromatic rings. The van der Waals surface area contributed by atoms with E-state index in [0.717, 1.165) is 12.8 Å². The Balaban J connectivity index is 2.74. The molecule has 7 nitrogen and oxygen atoms in total. The molecule has 0 amide bonds. The van der Waals surface area contributed by atoms with Crippen LogP contribution >= 0.6 is 0 Å². The third kappa shape index (κ3) is 3.18. The number of ether oxygens (including phenoxy) is 3. The van der Waals surface area contributed by atoms with Gasteiger partial charge in [0.1, 0.15) is 0 Å². The monoisotopic (exact) mass is 321 g/mol. The largest absolute Gasteiger partial charge is 0.465 e. The van der Waals surface area contributed by atoms with Crippen LogP contribution < -0.4 is 0 Å². The van der Waals surface area contributed by atoms with Gasteiger partial charge in [0.15, 0.2) is 11.4 Å². The molecule has 1 aliphatic carbocycles. The van der Waals surface area contributed by atoms with E-state index in [2.05, 4.69) is 4.98 Å². The lowest BCUT2D eigenvalue weighted by molar-refractivity contribution is 0.0509. The van der Waals surface area contributed by atoms with Gasteiger partial charge >= 0.3 is 17.9 Å². The quantitative estimate of drug-likeness (QED) is 0.615. The highest BCUT2D eigenvalue weighted by atomic mass is 16.5. The number of rotatable bonds is 4. The van der Waals surface area contributed by atoms with Gasteiger partial charge in [0.25, 0.3) is 0 Å². The molecule has 0 saturated carbocycles. The Hall–Kier alpha value is -2.44. The van der Waals surface area contributed by atoms with E-state index in [0.29, 0.717) is 24.0 Å². The average molecular weight is 321 g/mol. The van der Waals surface area contributed by atoms with E-state index in [1.807, 2.05) is 0 Å². The van der Waals surface area contributed by atoms with Crippen LogP contribution in [0.15, 0.2) is 0 Å². The van der Waals surface area contributed by atoms with Gasteiger partial charge in [-0.3, -0.25) is 0 Å². The summed E-state index contributed by atoms with van der Waals surface area (Å²) in [6, 6.07) is 0. The number of carbonyl (C=O) groups excluding carboxylic acids is 3. The first kappa shape index (κ1) is 16.9. The number of carbonyl (C=O) groups is 3. The summed E-state index contributed by atoms with van der Waals surface area (Å²) in [5, 5.41) is 0. The zero-order valence-corrected chi connectivity index (χ0v) is 13.4. The second-order valence-corrected chi connectivity index (χ2v) is 5.05. The molecule has 1 heterocycles. The molecular weight excluding hydrogens is 302 g/mol. The van der Waals surface area contributed by atoms with Crippen LogP contribution in [0.1, 0.15) is 62.2 Å². The van der Waals surface area contributed by atoms with Crippen LogP contribution in [0.5, 0.6) is 0 Å². The maximum Gasteiger partial charge on any atom is 0.357 e. The Labute approximate surface area is 133 Å². The standard InChI is InChI=1S/C16H19NO6/c1-4-23-16(20)12-10-8-6-5-7-9(10)11(14(18)21-2)13(17-12)15(19)22-3/h4-8H2,1-3H3. The highest BCUT2D eigenvalue weighted by Crippen LogP contribution is 2.30. The molecule has 0 spiro atoms. The fourth-order valence-electron chi connectivity index (χ4n) is 2.76. The van der Waals surface area contributed by atoms with Crippen LogP contribution in [0, 0.1) is 0 Å². The van der Waals surface area contributed by atoms with E-state index in [1.54, 1.807) is 6.92 Å². The van der Waals surface area contributed by atoms with Crippen LogP contribution in [0.2, 0.25) is 0 Å². The Morgan fingerprint density at radius 2 is 1.52 bits per heavy atom. The van der Waals surface area contributed by atoms with Crippen molar-refractivity contribution < 1.29 is 28.6 Å². The fraction of sp³-hybridized carbons (Fsp3) is 0.500. The predicted octanol–water partition coefficient (Wildman–Crippen LogP) is 1.71. The van der Waals surface area contributed by atoms with E-state index < -0.39 is 17.9 Å². The molecule has 0 atom stereocenters. The lowest BCUT2D eigenvalue weighted by atomic mass is 9.86. The van der Waals surface area contributed by atoms with Gasteiger partial charge in [-0.15, -0.1) is 0 Å². The third-order valence-corrected chi connectivity index (χ3v) is 3.75. The van der Waals surface area contributed by atoms with Gasteiger partial charge in [-0.1, -0.05) is 0 Å². The lowest BCUT2D eigenvalue weighted by Crippen LogP contribution is -2.24. The molecule has 0 radical (unpaired) electrons. The van der Waals surface area contributed by atoms with Gasteiger partial charge < -0.3 is 14.2 Å². The van der Waals surface area contributed by atoms with Crippen molar-refractivity contribution in [2.45, 2.75) is 32.6 Å². The summed E-state index contributed by atoms with van der Waals surface area (Å²) in [6.07, 6.45) is 2.89. The smallest absolute Gasteiger partial charge is 0.357 e. The summed E-state index contributed by atoms with van der Waals surface area (Å²) in [5.41, 5.74) is 1.24. The predicted molar refractivity (Wildman–Crippen MR) is 79.5 cm³/mol. The molecule has 1 aromatic heterocycles. The number of aromatic nitrogens is 1. The van der Waals surface area contributed by atoms with Gasteiger partial charge in [0.05, 0.1) is 26.4 Å². The summed E-state index contributed by atoms with van der Waals surface area (Å²) < 4.78 is 14.5. The highest BCUT2D eigenvalue weighted by Gasteiger charge is 2.32. The zero-order chi connectivity index (χ0) is 17.0. The van der Waals surface area contributed by atoms with Crippen LogP contribution in [-0.2, 0) is 27.1 Å². The maximum atomic E-state index is 12.2. The molecule has 0 aliphatic heterocycles. The first-order chi connectivity index (χ1) is 11.0. The van der Waals surface area contributed by atoms with Crippen LogP contribution in [-0.4, -0.2) is 43.7 Å². The van der Waals surface area contributed by atoms with E-state index >= 15 is 0 Å². The van der Waals surface area contributed by atoms with Crippen LogP contribution in [0.3, 0.4) is 0 Å². The van der Waals surface area contributed by atoms with Crippen molar-refractivity contribution in [2.75, 3.05) is 20.8 Å². The molecular formula is C16H19NO6. The van der Waals surface area contributed by atoms with Crippen molar-refractivity contribution in [3.05, 3.63) is 28.1 Å². The first-order valence-corrected chi connectivity index (χ1v) is 7.44. The fourth-order valence-corrected chi connectivity index (χ4v) is 2.76. The Kier molecular flexibility index (Phi) is 5.31. The second kappa shape index (κ2) is 7.21. The van der Waals surface area contributed by atoms with Crippen LogP contribution in [0.4, 0.5) is 0 Å². The lowest BCUT2D eigenvalue weighted by Gasteiger charge is -2.22. The molecule has 0 saturated heterocycles. The molecule has 2 rings (SSSR count). The first-order valence-electron chi connectivity index (χ1n) is 7.44. The third-order valence-electron chi connectivity index (χ3n) is 3.75. The normalized spacial score (nSPS) is 13.0. The van der Waals surface area contributed by atoms with Gasteiger partial charge in [-0.25, -0.2) is 19.4 Å². The molecule has 1 aliphatic rings. The summed E-state index contributed by atoms with van der Waals surface area (Å²) in [5.74, 6) is -2.05.